The molecule has 0 bridgehead atoms. The maximum absolute atomic E-state index is 4.80. The first-order valence-electron chi connectivity index (χ1n) is 7.71. The van der Waals surface area contributed by atoms with Gasteiger partial charge >= 0.3 is 0 Å². The lowest BCUT2D eigenvalue weighted by Gasteiger charge is -2.27. The van der Waals surface area contributed by atoms with Crippen LogP contribution >= 0.6 is 11.3 Å². The van der Waals surface area contributed by atoms with Gasteiger partial charge in [0.2, 0.25) is 0 Å². The van der Waals surface area contributed by atoms with Gasteiger partial charge in [-0.3, -0.25) is 0 Å². The number of hydrogen-bond acceptors (Lipinski definition) is 4. The molecule has 0 saturated heterocycles. The Kier molecular flexibility index (Phi) is 3.06. The van der Waals surface area contributed by atoms with Crippen LogP contribution in [-0.4, -0.2) is 24.6 Å². The van der Waals surface area contributed by atoms with Crippen LogP contribution in [0.3, 0.4) is 0 Å². The number of aromatic nitrogens is 1. The molecule has 4 heteroatoms. The Morgan fingerprint density at radius 2 is 2.10 bits per heavy atom. The van der Waals surface area contributed by atoms with Gasteiger partial charge in [-0.25, -0.2) is 4.98 Å². The van der Waals surface area contributed by atoms with E-state index in [9.17, 15) is 0 Å². The van der Waals surface area contributed by atoms with E-state index in [1.54, 1.807) is 0 Å². The smallest absolute Gasteiger partial charge is 0.184 e. The van der Waals surface area contributed by atoms with Crippen LogP contribution in [0.1, 0.15) is 37.7 Å². The fourth-order valence-electron chi connectivity index (χ4n) is 3.49. The summed E-state index contributed by atoms with van der Waals surface area (Å²) < 4.78 is 1.33. The van der Waals surface area contributed by atoms with Crippen molar-refractivity contribution in [3.05, 3.63) is 17.7 Å². The monoisotopic (exact) mass is 287 g/mol. The minimum Gasteiger partial charge on any atom is -0.374 e. The van der Waals surface area contributed by atoms with E-state index in [4.69, 9.17) is 4.98 Å². The first kappa shape index (κ1) is 12.5. The van der Waals surface area contributed by atoms with Crippen molar-refractivity contribution in [1.82, 2.24) is 4.98 Å². The number of aryl methyl sites for hydroxylation is 1. The molecule has 1 aromatic heterocycles. The predicted molar refractivity (Wildman–Crippen MR) is 87.1 cm³/mol. The van der Waals surface area contributed by atoms with Crippen LogP contribution in [0.25, 0.3) is 10.2 Å². The molecule has 2 aliphatic rings. The van der Waals surface area contributed by atoms with Gasteiger partial charge in [-0.1, -0.05) is 24.2 Å². The van der Waals surface area contributed by atoms with Gasteiger partial charge in [0.25, 0.3) is 0 Å². The van der Waals surface area contributed by atoms with E-state index in [0.29, 0.717) is 6.04 Å². The lowest BCUT2D eigenvalue weighted by Crippen LogP contribution is -2.24. The minimum absolute atomic E-state index is 0.646. The van der Waals surface area contributed by atoms with Gasteiger partial charge in [0.05, 0.1) is 10.2 Å². The van der Waals surface area contributed by atoms with Crippen molar-refractivity contribution in [2.75, 3.05) is 23.8 Å². The first-order valence-corrected chi connectivity index (χ1v) is 8.52. The summed E-state index contributed by atoms with van der Waals surface area (Å²) in [5.74, 6) is 0. The summed E-state index contributed by atoms with van der Waals surface area (Å²) in [6.45, 7) is 1.16. The number of fused-ring (bicyclic) bond motifs is 2. The molecule has 4 rings (SSSR count). The molecule has 1 fully saturated rings. The van der Waals surface area contributed by atoms with Crippen molar-refractivity contribution >= 4 is 32.4 Å². The number of hydrogen-bond donors (Lipinski definition) is 1. The van der Waals surface area contributed by atoms with Crippen LogP contribution in [0.5, 0.6) is 0 Å². The van der Waals surface area contributed by atoms with E-state index in [2.05, 4.69) is 29.4 Å². The summed E-state index contributed by atoms with van der Waals surface area (Å²) in [6, 6.07) is 5.28. The Labute approximate surface area is 124 Å². The number of nitrogens with one attached hydrogen (secondary N) is 1. The predicted octanol–water partition coefficient (Wildman–Crippen LogP) is 4.03. The van der Waals surface area contributed by atoms with Gasteiger partial charge in [-0.05, 0) is 43.4 Å². The highest BCUT2D eigenvalue weighted by Gasteiger charge is 2.18. The summed E-state index contributed by atoms with van der Waals surface area (Å²) >= 11 is 1.82. The van der Waals surface area contributed by atoms with Crippen LogP contribution in [0.2, 0.25) is 0 Å². The molecule has 0 unspecified atom stereocenters. The first-order chi connectivity index (χ1) is 9.79. The third kappa shape index (κ3) is 2.16. The van der Waals surface area contributed by atoms with Crippen molar-refractivity contribution in [3.63, 3.8) is 0 Å². The topological polar surface area (TPSA) is 28.2 Å². The molecule has 2 aromatic rings. The molecular weight excluding hydrogens is 266 g/mol. The Hall–Kier alpha value is -1.29. The molecule has 0 spiro atoms. The van der Waals surface area contributed by atoms with Crippen molar-refractivity contribution in [2.24, 2.45) is 0 Å². The Bertz CT molecular complexity index is 628. The number of nitrogens with zero attached hydrogens (tertiary/aromatic N) is 2. The maximum atomic E-state index is 4.80. The molecular formula is C16H21N3S. The fraction of sp³-hybridized carbons (Fsp3) is 0.562. The van der Waals surface area contributed by atoms with E-state index in [1.165, 1.54) is 54.5 Å². The number of anilines is 2. The quantitative estimate of drug-likeness (QED) is 0.903. The standard InChI is InChI=1S/C16H21N3S/c1-19-8-4-5-11-9-15-13(10-14(11)19)18-16(20-15)17-12-6-2-3-7-12/h9-10,12H,2-8H2,1H3,(H,17,18). The average Bonchev–Trinajstić information content (AvgIpc) is 3.06. The van der Waals surface area contributed by atoms with Gasteiger partial charge in [0.15, 0.2) is 5.13 Å². The largest absolute Gasteiger partial charge is 0.374 e. The number of thiazole rings is 1. The van der Waals surface area contributed by atoms with Crippen LogP contribution in [-0.2, 0) is 6.42 Å². The molecule has 1 aliphatic heterocycles. The Balaban J connectivity index is 1.68. The highest BCUT2D eigenvalue weighted by atomic mass is 32.1. The summed E-state index contributed by atoms with van der Waals surface area (Å²) in [4.78, 5) is 7.16. The van der Waals surface area contributed by atoms with Crippen LogP contribution in [0, 0.1) is 0 Å². The average molecular weight is 287 g/mol. The third-order valence-electron chi connectivity index (χ3n) is 4.62. The van der Waals surface area contributed by atoms with Gasteiger partial charge < -0.3 is 10.2 Å². The normalized spacial score (nSPS) is 19.6. The fourth-order valence-corrected chi connectivity index (χ4v) is 4.48. The SMILES string of the molecule is CN1CCCc2cc3sc(NC4CCCC4)nc3cc21. The Morgan fingerprint density at radius 3 is 2.95 bits per heavy atom. The van der Waals surface area contributed by atoms with E-state index >= 15 is 0 Å². The summed E-state index contributed by atoms with van der Waals surface area (Å²) in [7, 11) is 2.19. The van der Waals surface area contributed by atoms with E-state index in [-0.39, 0.29) is 0 Å². The maximum Gasteiger partial charge on any atom is 0.184 e. The second-order valence-corrected chi connectivity index (χ2v) is 7.15. The molecule has 1 aliphatic carbocycles. The van der Waals surface area contributed by atoms with Gasteiger partial charge in [0, 0.05) is 25.3 Å². The molecule has 3 nitrogen and oxygen atoms in total. The Morgan fingerprint density at radius 1 is 1.25 bits per heavy atom. The molecule has 0 radical (unpaired) electrons. The molecule has 106 valence electrons. The van der Waals surface area contributed by atoms with E-state index in [0.717, 1.165) is 17.2 Å². The third-order valence-corrected chi connectivity index (χ3v) is 5.57. The molecule has 2 heterocycles. The summed E-state index contributed by atoms with van der Waals surface area (Å²) in [5, 5.41) is 4.73. The van der Waals surface area contributed by atoms with E-state index < -0.39 is 0 Å². The molecule has 1 N–H and O–H groups in total. The van der Waals surface area contributed by atoms with Crippen molar-refractivity contribution in [3.8, 4) is 0 Å². The van der Waals surface area contributed by atoms with Crippen LogP contribution in [0.4, 0.5) is 10.8 Å². The van der Waals surface area contributed by atoms with Crippen molar-refractivity contribution in [1.29, 1.82) is 0 Å². The van der Waals surface area contributed by atoms with Crippen molar-refractivity contribution in [2.45, 2.75) is 44.6 Å². The summed E-state index contributed by atoms with van der Waals surface area (Å²) in [5.41, 5.74) is 4.02. The summed E-state index contributed by atoms with van der Waals surface area (Å²) in [6.07, 6.45) is 7.80. The lowest BCUT2D eigenvalue weighted by molar-refractivity contribution is 0.746. The lowest BCUT2D eigenvalue weighted by atomic mass is 10.0. The molecule has 20 heavy (non-hydrogen) atoms. The second-order valence-electron chi connectivity index (χ2n) is 6.12. The number of benzene rings is 1. The van der Waals surface area contributed by atoms with Gasteiger partial charge in [-0.15, -0.1) is 0 Å². The van der Waals surface area contributed by atoms with Gasteiger partial charge in [0.1, 0.15) is 0 Å². The number of rotatable bonds is 2. The van der Waals surface area contributed by atoms with Gasteiger partial charge in [-0.2, -0.15) is 0 Å². The van der Waals surface area contributed by atoms with E-state index in [1.807, 2.05) is 11.3 Å². The molecule has 1 saturated carbocycles. The zero-order valence-electron chi connectivity index (χ0n) is 12.0. The molecule has 0 atom stereocenters. The molecule has 1 aromatic carbocycles. The second kappa shape index (κ2) is 4.92. The zero-order chi connectivity index (χ0) is 13.5. The van der Waals surface area contributed by atoms with Crippen LogP contribution < -0.4 is 10.2 Å². The van der Waals surface area contributed by atoms with Crippen LogP contribution in [0.15, 0.2) is 12.1 Å². The molecule has 0 amide bonds. The minimum atomic E-state index is 0.646. The zero-order valence-corrected chi connectivity index (χ0v) is 12.8. The highest BCUT2D eigenvalue weighted by Crippen LogP contribution is 2.35. The van der Waals surface area contributed by atoms with Crippen molar-refractivity contribution < 1.29 is 0 Å². The highest BCUT2D eigenvalue weighted by molar-refractivity contribution is 7.22.